The lowest BCUT2D eigenvalue weighted by atomic mass is 9.43. The molecule has 15 heavy (non-hydrogen) atoms. The molecule has 4 fully saturated rings. The Hall–Kier alpha value is -0.0400. The molecular formula is C14H25N. The molecule has 4 aliphatic rings. The van der Waals surface area contributed by atoms with Gasteiger partial charge in [-0.05, 0) is 61.8 Å². The van der Waals surface area contributed by atoms with Gasteiger partial charge >= 0.3 is 0 Å². The summed E-state index contributed by atoms with van der Waals surface area (Å²) < 4.78 is 0. The maximum atomic E-state index is 3.88. The first-order chi connectivity index (χ1) is 7.07. The van der Waals surface area contributed by atoms with Crippen LogP contribution in [0.4, 0.5) is 0 Å². The zero-order chi connectivity index (χ0) is 10.7. The van der Waals surface area contributed by atoms with Crippen LogP contribution < -0.4 is 5.32 Å². The molecule has 2 unspecified atom stereocenters. The van der Waals surface area contributed by atoms with E-state index in [0.29, 0.717) is 11.0 Å². The summed E-state index contributed by atoms with van der Waals surface area (Å²) in [6.07, 6.45) is 7.51. The zero-order valence-corrected chi connectivity index (χ0v) is 10.5. The van der Waals surface area contributed by atoms with Gasteiger partial charge in [-0.1, -0.05) is 20.8 Å². The van der Waals surface area contributed by atoms with E-state index in [1.165, 1.54) is 25.7 Å². The molecule has 1 heteroatoms. The summed E-state index contributed by atoms with van der Waals surface area (Å²) in [5.74, 6) is 3.10. The van der Waals surface area contributed by atoms with Crippen molar-refractivity contribution in [1.29, 1.82) is 0 Å². The Labute approximate surface area is 94.0 Å². The fourth-order valence-electron chi connectivity index (χ4n) is 5.18. The van der Waals surface area contributed by atoms with Gasteiger partial charge in [0.25, 0.3) is 0 Å². The first kappa shape index (κ1) is 10.1. The van der Waals surface area contributed by atoms with E-state index in [1.54, 1.807) is 6.42 Å². The van der Waals surface area contributed by atoms with Gasteiger partial charge in [-0.15, -0.1) is 0 Å². The predicted molar refractivity (Wildman–Crippen MR) is 63.7 cm³/mol. The molecule has 0 heterocycles. The molecule has 86 valence electrons. The van der Waals surface area contributed by atoms with Crippen LogP contribution in [0.5, 0.6) is 0 Å². The highest BCUT2D eigenvalue weighted by Crippen LogP contribution is 2.63. The molecule has 0 aromatic rings. The van der Waals surface area contributed by atoms with Crippen LogP contribution in [-0.4, -0.2) is 12.1 Å². The van der Waals surface area contributed by atoms with E-state index in [1.807, 2.05) is 0 Å². The first-order valence-corrected chi connectivity index (χ1v) is 6.82. The van der Waals surface area contributed by atoms with Gasteiger partial charge < -0.3 is 5.32 Å². The van der Waals surface area contributed by atoms with E-state index in [4.69, 9.17) is 0 Å². The number of rotatable bonds is 2. The molecule has 4 bridgehead atoms. The highest BCUT2D eigenvalue weighted by atomic mass is 15.0. The summed E-state index contributed by atoms with van der Waals surface area (Å²) >= 11 is 0. The zero-order valence-electron chi connectivity index (χ0n) is 10.5. The van der Waals surface area contributed by atoms with Crippen LogP contribution in [-0.2, 0) is 0 Å². The Kier molecular flexibility index (Phi) is 2.03. The first-order valence-electron chi connectivity index (χ1n) is 6.82. The van der Waals surface area contributed by atoms with Crippen molar-refractivity contribution in [3.05, 3.63) is 0 Å². The van der Waals surface area contributed by atoms with Gasteiger partial charge in [0, 0.05) is 5.54 Å². The van der Waals surface area contributed by atoms with Gasteiger partial charge in [0.05, 0.1) is 0 Å². The van der Waals surface area contributed by atoms with Crippen molar-refractivity contribution >= 4 is 0 Å². The second-order valence-corrected chi connectivity index (χ2v) is 6.88. The molecule has 0 spiro atoms. The molecule has 0 amide bonds. The van der Waals surface area contributed by atoms with Crippen molar-refractivity contribution < 1.29 is 0 Å². The van der Waals surface area contributed by atoms with Gasteiger partial charge in [-0.3, -0.25) is 0 Å². The SMILES string of the molecule is CCNC12C[C@@H]3CC(C[C@@H](C3)C1)C2(C)C. The summed E-state index contributed by atoms with van der Waals surface area (Å²) in [4.78, 5) is 0. The maximum absolute atomic E-state index is 3.88. The van der Waals surface area contributed by atoms with Crippen LogP contribution in [0.1, 0.15) is 52.9 Å². The van der Waals surface area contributed by atoms with E-state index >= 15 is 0 Å². The minimum Gasteiger partial charge on any atom is -0.311 e. The fraction of sp³-hybridized carbons (Fsp3) is 1.00. The van der Waals surface area contributed by atoms with Crippen LogP contribution in [0.3, 0.4) is 0 Å². The molecule has 0 saturated heterocycles. The average Bonchev–Trinajstić information content (AvgIpc) is 2.14. The van der Waals surface area contributed by atoms with Crippen molar-refractivity contribution in [2.24, 2.45) is 23.2 Å². The third kappa shape index (κ3) is 1.19. The summed E-state index contributed by atoms with van der Waals surface area (Å²) in [7, 11) is 0. The molecule has 1 nitrogen and oxygen atoms in total. The minimum absolute atomic E-state index is 0.497. The Morgan fingerprint density at radius 2 is 1.67 bits per heavy atom. The van der Waals surface area contributed by atoms with E-state index < -0.39 is 0 Å². The summed E-state index contributed by atoms with van der Waals surface area (Å²) in [5, 5.41) is 3.88. The second kappa shape index (κ2) is 3.00. The molecule has 4 aliphatic carbocycles. The average molecular weight is 207 g/mol. The molecule has 0 aromatic heterocycles. The molecule has 0 radical (unpaired) electrons. The van der Waals surface area contributed by atoms with Gasteiger partial charge in [0.1, 0.15) is 0 Å². The molecule has 1 N–H and O–H groups in total. The third-order valence-electron chi connectivity index (χ3n) is 5.95. The standard InChI is InChI=1S/C14H25N/c1-4-15-14-8-10-5-11(9-14)7-12(6-10)13(14,2)3/h10-12,15H,4-9H2,1-3H3/t10-,11+,12?,14?. The van der Waals surface area contributed by atoms with Crippen LogP contribution in [0, 0.1) is 23.2 Å². The predicted octanol–water partition coefficient (Wildman–Crippen LogP) is 3.20. The van der Waals surface area contributed by atoms with Crippen molar-refractivity contribution in [1.82, 2.24) is 5.32 Å². The number of hydrogen-bond donors (Lipinski definition) is 1. The second-order valence-electron chi connectivity index (χ2n) is 6.88. The Balaban J connectivity index is 1.97. The van der Waals surface area contributed by atoms with E-state index in [-0.39, 0.29) is 0 Å². The van der Waals surface area contributed by atoms with Crippen LogP contribution in [0.25, 0.3) is 0 Å². The number of hydrogen-bond acceptors (Lipinski definition) is 1. The summed E-state index contributed by atoms with van der Waals surface area (Å²) in [5.41, 5.74) is 1.03. The maximum Gasteiger partial charge on any atom is 0.0240 e. The van der Waals surface area contributed by atoms with E-state index in [9.17, 15) is 0 Å². The molecule has 4 atom stereocenters. The van der Waals surface area contributed by atoms with Crippen molar-refractivity contribution in [2.45, 2.75) is 58.4 Å². The smallest absolute Gasteiger partial charge is 0.0240 e. The van der Waals surface area contributed by atoms with Crippen molar-refractivity contribution in [3.8, 4) is 0 Å². The van der Waals surface area contributed by atoms with Gasteiger partial charge in [-0.25, -0.2) is 0 Å². The lowest BCUT2D eigenvalue weighted by molar-refractivity contribution is -0.123. The van der Waals surface area contributed by atoms with Crippen LogP contribution in [0.2, 0.25) is 0 Å². The fourth-order valence-corrected chi connectivity index (χ4v) is 5.18. The molecular weight excluding hydrogens is 182 g/mol. The Bertz CT molecular complexity index is 255. The normalized spacial score (nSPS) is 51.0. The largest absolute Gasteiger partial charge is 0.311 e. The van der Waals surface area contributed by atoms with E-state index in [2.05, 4.69) is 26.1 Å². The highest BCUT2D eigenvalue weighted by Gasteiger charge is 2.60. The lowest BCUT2D eigenvalue weighted by Crippen LogP contribution is -2.68. The minimum atomic E-state index is 0.497. The summed E-state index contributed by atoms with van der Waals surface area (Å²) in [6, 6.07) is 0. The highest BCUT2D eigenvalue weighted by molar-refractivity contribution is 5.15. The Morgan fingerprint density at radius 1 is 1.07 bits per heavy atom. The van der Waals surface area contributed by atoms with Crippen molar-refractivity contribution in [3.63, 3.8) is 0 Å². The van der Waals surface area contributed by atoms with Gasteiger partial charge in [0.15, 0.2) is 0 Å². The summed E-state index contributed by atoms with van der Waals surface area (Å²) in [6.45, 7) is 8.47. The lowest BCUT2D eigenvalue weighted by Gasteiger charge is -2.66. The molecule has 4 rings (SSSR count). The third-order valence-corrected chi connectivity index (χ3v) is 5.95. The molecule has 4 saturated carbocycles. The van der Waals surface area contributed by atoms with Gasteiger partial charge in [-0.2, -0.15) is 0 Å². The topological polar surface area (TPSA) is 12.0 Å². The van der Waals surface area contributed by atoms with Gasteiger partial charge in [0.2, 0.25) is 0 Å². The quantitative estimate of drug-likeness (QED) is 0.733. The molecule has 0 aromatic carbocycles. The monoisotopic (exact) mass is 207 g/mol. The number of nitrogens with one attached hydrogen (secondary N) is 1. The van der Waals surface area contributed by atoms with Crippen LogP contribution in [0.15, 0.2) is 0 Å². The van der Waals surface area contributed by atoms with Crippen LogP contribution >= 0.6 is 0 Å². The van der Waals surface area contributed by atoms with E-state index in [0.717, 1.165) is 24.3 Å². The Morgan fingerprint density at radius 3 is 2.20 bits per heavy atom. The van der Waals surface area contributed by atoms with Crippen molar-refractivity contribution in [2.75, 3.05) is 6.54 Å². The molecule has 0 aliphatic heterocycles.